The highest BCUT2D eigenvalue weighted by atomic mass is 16.5. The van der Waals surface area contributed by atoms with Gasteiger partial charge in [0.05, 0.1) is 29.4 Å². The van der Waals surface area contributed by atoms with Crippen molar-refractivity contribution in [3.05, 3.63) is 118 Å². The van der Waals surface area contributed by atoms with Crippen molar-refractivity contribution in [3.8, 4) is 0 Å². The molecule has 2 atom stereocenters. The molecule has 5 aromatic rings. The van der Waals surface area contributed by atoms with Gasteiger partial charge >= 0.3 is 0 Å². The monoisotopic (exact) mass is 481 g/mol. The maximum atomic E-state index is 13.1. The SMILES string of the molecule is Cc1ccc(C(NC(=O)Cc2ccc3oc(C(O)c4c(C)noc4C)cc3c2)c2ccccc2)nc1. The number of nitrogens with one attached hydrogen (secondary N) is 1. The molecule has 7 nitrogen and oxygen atoms in total. The van der Waals surface area contributed by atoms with Gasteiger partial charge in [0, 0.05) is 11.6 Å². The third kappa shape index (κ3) is 4.78. The highest BCUT2D eigenvalue weighted by molar-refractivity contribution is 5.83. The average molecular weight is 482 g/mol. The lowest BCUT2D eigenvalue weighted by Gasteiger charge is -2.19. The molecule has 7 heteroatoms. The lowest BCUT2D eigenvalue weighted by Crippen LogP contribution is -2.31. The van der Waals surface area contributed by atoms with Crippen LogP contribution in [0.5, 0.6) is 0 Å². The zero-order valence-electron chi connectivity index (χ0n) is 20.4. The molecule has 36 heavy (non-hydrogen) atoms. The van der Waals surface area contributed by atoms with Gasteiger partial charge in [0.15, 0.2) is 0 Å². The van der Waals surface area contributed by atoms with Crippen LogP contribution in [0.25, 0.3) is 11.0 Å². The summed E-state index contributed by atoms with van der Waals surface area (Å²) in [6, 6.07) is 20.8. The van der Waals surface area contributed by atoms with Crippen LogP contribution in [-0.2, 0) is 11.2 Å². The summed E-state index contributed by atoms with van der Waals surface area (Å²) in [5.74, 6) is 0.828. The minimum Gasteiger partial charge on any atom is -0.458 e. The van der Waals surface area contributed by atoms with Crippen molar-refractivity contribution in [1.82, 2.24) is 15.5 Å². The van der Waals surface area contributed by atoms with Crippen LogP contribution in [0, 0.1) is 20.8 Å². The molecule has 0 bridgehead atoms. The van der Waals surface area contributed by atoms with Crippen molar-refractivity contribution >= 4 is 16.9 Å². The van der Waals surface area contributed by atoms with E-state index in [1.807, 2.05) is 67.6 Å². The zero-order valence-corrected chi connectivity index (χ0v) is 20.4. The Morgan fingerprint density at radius 1 is 1.03 bits per heavy atom. The largest absolute Gasteiger partial charge is 0.458 e. The van der Waals surface area contributed by atoms with Crippen molar-refractivity contribution in [2.24, 2.45) is 0 Å². The second-order valence-corrected chi connectivity index (χ2v) is 9.01. The van der Waals surface area contributed by atoms with Crippen molar-refractivity contribution in [2.45, 2.75) is 39.3 Å². The molecular formula is C29H27N3O4. The van der Waals surface area contributed by atoms with Gasteiger partial charge in [-0.15, -0.1) is 0 Å². The number of nitrogens with zero attached hydrogens (tertiary/aromatic N) is 2. The molecule has 0 aliphatic rings. The van der Waals surface area contributed by atoms with Gasteiger partial charge in [0.2, 0.25) is 5.91 Å². The highest BCUT2D eigenvalue weighted by Crippen LogP contribution is 2.32. The Bertz CT molecular complexity index is 1480. The van der Waals surface area contributed by atoms with Crippen LogP contribution in [0.15, 0.2) is 81.9 Å². The number of rotatable bonds is 7. The van der Waals surface area contributed by atoms with E-state index in [0.29, 0.717) is 28.4 Å². The number of carbonyl (C=O) groups excluding carboxylic acids is 1. The number of aryl methyl sites for hydroxylation is 3. The normalized spacial score (nSPS) is 13.0. The predicted molar refractivity (Wildman–Crippen MR) is 135 cm³/mol. The molecule has 3 heterocycles. The Hall–Kier alpha value is -4.23. The molecule has 2 unspecified atom stereocenters. The number of furan rings is 1. The molecule has 5 rings (SSSR count). The molecule has 2 aromatic carbocycles. The molecule has 1 amide bonds. The Morgan fingerprint density at radius 3 is 2.53 bits per heavy atom. The Balaban J connectivity index is 1.36. The third-order valence-corrected chi connectivity index (χ3v) is 6.26. The lowest BCUT2D eigenvalue weighted by molar-refractivity contribution is -0.121. The summed E-state index contributed by atoms with van der Waals surface area (Å²) >= 11 is 0. The molecule has 0 saturated heterocycles. The van der Waals surface area contributed by atoms with Crippen LogP contribution >= 0.6 is 0 Å². The second kappa shape index (κ2) is 9.79. The molecule has 0 fully saturated rings. The third-order valence-electron chi connectivity index (χ3n) is 6.26. The summed E-state index contributed by atoms with van der Waals surface area (Å²) in [6.07, 6.45) is 1.01. The van der Waals surface area contributed by atoms with E-state index < -0.39 is 6.10 Å². The molecule has 3 aromatic heterocycles. The molecule has 0 saturated carbocycles. The van der Waals surface area contributed by atoms with Crippen LogP contribution in [0.3, 0.4) is 0 Å². The smallest absolute Gasteiger partial charge is 0.225 e. The topological polar surface area (TPSA) is 101 Å². The van der Waals surface area contributed by atoms with Gasteiger partial charge in [0.25, 0.3) is 0 Å². The molecule has 0 radical (unpaired) electrons. The maximum absolute atomic E-state index is 13.1. The molecule has 0 spiro atoms. The number of carbonyl (C=O) groups is 1. The highest BCUT2D eigenvalue weighted by Gasteiger charge is 2.23. The van der Waals surface area contributed by atoms with Gasteiger partial charge in [-0.05, 0) is 61.7 Å². The van der Waals surface area contributed by atoms with Crippen molar-refractivity contribution in [2.75, 3.05) is 0 Å². The fraction of sp³-hybridized carbons (Fsp3) is 0.207. The number of hydrogen-bond donors (Lipinski definition) is 2. The number of amides is 1. The van der Waals surface area contributed by atoms with Gasteiger partial charge in [0.1, 0.15) is 23.2 Å². The fourth-order valence-corrected chi connectivity index (χ4v) is 4.40. The number of aliphatic hydroxyl groups is 1. The van der Waals surface area contributed by atoms with Crippen LogP contribution in [0.1, 0.15) is 57.3 Å². The predicted octanol–water partition coefficient (Wildman–Crippen LogP) is 5.27. The first-order valence-corrected chi connectivity index (χ1v) is 11.8. The van der Waals surface area contributed by atoms with Crippen LogP contribution in [0.2, 0.25) is 0 Å². The quantitative estimate of drug-likeness (QED) is 0.328. The Kier molecular flexibility index (Phi) is 6.40. The van der Waals surface area contributed by atoms with Crippen LogP contribution in [-0.4, -0.2) is 21.2 Å². The van der Waals surface area contributed by atoms with E-state index in [0.717, 1.165) is 27.8 Å². The average Bonchev–Trinajstić information content (AvgIpc) is 3.45. The first-order valence-electron chi connectivity index (χ1n) is 11.8. The van der Waals surface area contributed by atoms with Crippen molar-refractivity contribution in [3.63, 3.8) is 0 Å². The zero-order chi connectivity index (χ0) is 25.2. The van der Waals surface area contributed by atoms with Crippen molar-refractivity contribution in [1.29, 1.82) is 0 Å². The summed E-state index contributed by atoms with van der Waals surface area (Å²) in [5.41, 5.74) is 5.49. The molecule has 182 valence electrons. The minimum atomic E-state index is -0.982. The number of aliphatic hydroxyl groups excluding tert-OH is 1. The van der Waals surface area contributed by atoms with Gasteiger partial charge in [-0.25, -0.2) is 0 Å². The summed E-state index contributed by atoms with van der Waals surface area (Å²) in [4.78, 5) is 17.6. The molecule has 0 aliphatic carbocycles. The van der Waals surface area contributed by atoms with E-state index >= 15 is 0 Å². The molecule has 2 N–H and O–H groups in total. The minimum absolute atomic E-state index is 0.120. The van der Waals surface area contributed by atoms with Crippen molar-refractivity contribution < 1.29 is 18.8 Å². The number of hydrogen-bond acceptors (Lipinski definition) is 6. The van der Waals surface area contributed by atoms with E-state index in [1.165, 1.54) is 0 Å². The van der Waals surface area contributed by atoms with E-state index in [9.17, 15) is 9.90 Å². The first-order chi connectivity index (χ1) is 17.4. The second-order valence-electron chi connectivity index (χ2n) is 9.01. The van der Waals surface area contributed by atoms with E-state index in [1.54, 1.807) is 26.1 Å². The summed E-state index contributed by atoms with van der Waals surface area (Å²) in [7, 11) is 0. The van der Waals surface area contributed by atoms with Crippen LogP contribution < -0.4 is 5.32 Å². The fourth-order valence-electron chi connectivity index (χ4n) is 4.40. The lowest BCUT2D eigenvalue weighted by atomic mass is 10.0. The van der Waals surface area contributed by atoms with Gasteiger partial charge in [-0.2, -0.15) is 0 Å². The maximum Gasteiger partial charge on any atom is 0.225 e. The summed E-state index contributed by atoms with van der Waals surface area (Å²) in [5, 5.41) is 18.7. The van der Waals surface area contributed by atoms with E-state index in [2.05, 4.69) is 15.5 Å². The summed E-state index contributed by atoms with van der Waals surface area (Å²) in [6.45, 7) is 5.52. The number of aromatic nitrogens is 2. The van der Waals surface area contributed by atoms with E-state index in [4.69, 9.17) is 8.94 Å². The van der Waals surface area contributed by atoms with Gasteiger partial charge in [-0.1, -0.05) is 47.6 Å². The molecule has 0 aliphatic heterocycles. The number of benzene rings is 2. The Labute approximate surface area is 208 Å². The first kappa shape index (κ1) is 23.5. The Morgan fingerprint density at radius 2 is 1.83 bits per heavy atom. The van der Waals surface area contributed by atoms with Gasteiger partial charge < -0.3 is 19.4 Å². The number of fused-ring (bicyclic) bond motifs is 1. The standard InChI is InChI=1S/C29H27N3O4/c1-17-9-11-23(30-16-17)28(21-7-5-4-6-8-21)31-26(33)14-20-10-12-24-22(13-20)15-25(35-24)29(34)27-18(2)32-36-19(27)3/h4-13,15-16,28-29,34H,14H2,1-3H3,(H,31,33). The number of pyridine rings is 1. The van der Waals surface area contributed by atoms with Crippen LogP contribution in [0.4, 0.5) is 0 Å². The van der Waals surface area contributed by atoms with Gasteiger partial charge in [-0.3, -0.25) is 9.78 Å². The summed E-state index contributed by atoms with van der Waals surface area (Å²) < 4.78 is 11.1. The molecular weight excluding hydrogens is 454 g/mol. The van der Waals surface area contributed by atoms with E-state index in [-0.39, 0.29) is 18.4 Å².